The number of hydrogen-bond acceptors (Lipinski definition) is 4. The van der Waals surface area contributed by atoms with Gasteiger partial charge in [0.2, 0.25) is 5.91 Å². The third-order valence-corrected chi connectivity index (χ3v) is 4.07. The first kappa shape index (κ1) is 12.2. The Kier molecular flexibility index (Phi) is 2.99. The van der Waals surface area contributed by atoms with E-state index < -0.39 is 0 Å². The third-order valence-electron chi connectivity index (χ3n) is 4.07. The summed E-state index contributed by atoms with van der Waals surface area (Å²) in [6.07, 6.45) is 5.39. The standard InChI is InChI=1S/C13H17N5O/c1-16-4-2-3-12(13(16)19)17-8-11(9-17)18-7-10(5-14)6-15-18/h6-7,11-12H,2-4,8-9H2,1H3. The topological polar surface area (TPSA) is 65.2 Å². The summed E-state index contributed by atoms with van der Waals surface area (Å²) in [5.74, 6) is 0.239. The number of carbonyl (C=O) groups excluding carboxylic acids is 1. The zero-order valence-corrected chi connectivity index (χ0v) is 11.0. The molecule has 0 aromatic carbocycles. The van der Waals surface area contributed by atoms with Gasteiger partial charge in [0, 0.05) is 32.9 Å². The summed E-state index contributed by atoms with van der Waals surface area (Å²) in [6, 6.07) is 2.42. The molecule has 3 rings (SSSR count). The number of piperidine rings is 1. The fourth-order valence-corrected chi connectivity index (χ4v) is 2.85. The summed E-state index contributed by atoms with van der Waals surface area (Å²) in [5.41, 5.74) is 0.590. The second-order valence-corrected chi connectivity index (χ2v) is 5.35. The molecule has 2 saturated heterocycles. The van der Waals surface area contributed by atoms with Crippen molar-refractivity contribution in [3.05, 3.63) is 18.0 Å². The Hall–Kier alpha value is -1.87. The molecule has 1 amide bonds. The van der Waals surface area contributed by atoms with Gasteiger partial charge in [-0.2, -0.15) is 10.4 Å². The van der Waals surface area contributed by atoms with Crippen molar-refractivity contribution in [2.45, 2.75) is 24.9 Å². The van der Waals surface area contributed by atoms with Crippen LogP contribution in [0.25, 0.3) is 0 Å². The first-order valence-electron chi connectivity index (χ1n) is 6.62. The summed E-state index contributed by atoms with van der Waals surface area (Å²) >= 11 is 0. The highest BCUT2D eigenvalue weighted by Crippen LogP contribution is 2.27. The molecule has 100 valence electrons. The van der Waals surface area contributed by atoms with Crippen LogP contribution < -0.4 is 0 Å². The SMILES string of the molecule is CN1CCCC(N2CC(n3cc(C#N)cn3)C2)C1=O. The van der Waals surface area contributed by atoms with Gasteiger partial charge in [-0.3, -0.25) is 14.4 Å². The smallest absolute Gasteiger partial charge is 0.239 e. The summed E-state index contributed by atoms with van der Waals surface area (Å²) in [6.45, 7) is 2.56. The van der Waals surface area contributed by atoms with Crippen molar-refractivity contribution >= 4 is 5.91 Å². The third kappa shape index (κ3) is 2.10. The van der Waals surface area contributed by atoms with Gasteiger partial charge >= 0.3 is 0 Å². The van der Waals surface area contributed by atoms with Crippen LogP contribution in [-0.4, -0.2) is 58.2 Å². The quantitative estimate of drug-likeness (QED) is 0.762. The van der Waals surface area contributed by atoms with E-state index in [2.05, 4.69) is 16.1 Å². The lowest BCUT2D eigenvalue weighted by molar-refractivity contribution is -0.141. The van der Waals surface area contributed by atoms with Gasteiger partial charge in [0.25, 0.3) is 0 Å². The number of nitriles is 1. The minimum atomic E-state index is 0.0426. The fourth-order valence-electron chi connectivity index (χ4n) is 2.85. The van der Waals surface area contributed by atoms with Gasteiger partial charge in [0.15, 0.2) is 0 Å². The Balaban J connectivity index is 1.60. The molecule has 2 aliphatic heterocycles. The lowest BCUT2D eigenvalue weighted by atomic mass is 9.98. The lowest BCUT2D eigenvalue weighted by Gasteiger charge is -2.46. The Bertz CT molecular complexity index is 525. The molecule has 1 aromatic rings. The molecule has 0 aliphatic carbocycles. The number of hydrogen-bond donors (Lipinski definition) is 0. The second kappa shape index (κ2) is 4.67. The largest absolute Gasteiger partial charge is 0.344 e. The van der Waals surface area contributed by atoms with E-state index in [0.717, 1.165) is 32.5 Å². The van der Waals surface area contributed by atoms with Gasteiger partial charge in [0.05, 0.1) is 23.8 Å². The Morgan fingerprint density at radius 3 is 2.95 bits per heavy atom. The molecule has 2 fully saturated rings. The van der Waals surface area contributed by atoms with E-state index in [-0.39, 0.29) is 11.9 Å². The second-order valence-electron chi connectivity index (χ2n) is 5.35. The monoisotopic (exact) mass is 259 g/mol. The number of carbonyl (C=O) groups is 1. The molecule has 0 bridgehead atoms. The van der Waals surface area contributed by atoms with Crippen LogP contribution >= 0.6 is 0 Å². The normalized spacial score (nSPS) is 25.2. The zero-order chi connectivity index (χ0) is 13.4. The number of aromatic nitrogens is 2. The van der Waals surface area contributed by atoms with Crippen molar-refractivity contribution in [1.82, 2.24) is 19.6 Å². The highest BCUT2D eigenvalue weighted by molar-refractivity contribution is 5.82. The molecule has 6 nitrogen and oxygen atoms in total. The predicted octanol–water partition coefficient (Wildman–Crippen LogP) is 0.232. The van der Waals surface area contributed by atoms with Gasteiger partial charge in [-0.05, 0) is 12.8 Å². The maximum Gasteiger partial charge on any atom is 0.239 e. The number of rotatable bonds is 2. The van der Waals surface area contributed by atoms with E-state index in [9.17, 15) is 4.79 Å². The molecular formula is C13H17N5O. The van der Waals surface area contributed by atoms with Gasteiger partial charge in [-0.1, -0.05) is 0 Å². The summed E-state index contributed by atoms with van der Waals surface area (Å²) < 4.78 is 1.84. The number of likely N-dealkylation sites (N-methyl/N-ethyl adjacent to an activating group) is 1. The van der Waals surface area contributed by atoms with Crippen molar-refractivity contribution in [1.29, 1.82) is 5.26 Å². The number of likely N-dealkylation sites (tertiary alicyclic amines) is 2. The molecule has 3 heterocycles. The first-order valence-corrected chi connectivity index (χ1v) is 6.62. The highest BCUT2D eigenvalue weighted by Gasteiger charge is 2.39. The van der Waals surface area contributed by atoms with Gasteiger partial charge in [0.1, 0.15) is 6.07 Å². The van der Waals surface area contributed by atoms with Crippen LogP contribution in [0.1, 0.15) is 24.4 Å². The van der Waals surface area contributed by atoms with Gasteiger partial charge < -0.3 is 4.90 Å². The minimum Gasteiger partial charge on any atom is -0.344 e. The van der Waals surface area contributed by atoms with Crippen LogP contribution in [0.4, 0.5) is 0 Å². The summed E-state index contributed by atoms with van der Waals surface area (Å²) in [5, 5.41) is 13.0. The van der Waals surface area contributed by atoms with E-state index in [0.29, 0.717) is 11.6 Å². The molecule has 1 aromatic heterocycles. The minimum absolute atomic E-state index is 0.0426. The van der Waals surface area contributed by atoms with E-state index >= 15 is 0 Å². The van der Waals surface area contributed by atoms with E-state index in [1.165, 1.54) is 0 Å². The van der Waals surface area contributed by atoms with Crippen LogP contribution in [0.5, 0.6) is 0 Å². The summed E-state index contributed by atoms with van der Waals surface area (Å²) in [4.78, 5) is 16.1. The average Bonchev–Trinajstić information content (AvgIpc) is 2.81. The molecule has 0 radical (unpaired) electrons. The van der Waals surface area contributed by atoms with Gasteiger partial charge in [-0.25, -0.2) is 0 Å². The van der Waals surface area contributed by atoms with Crippen LogP contribution in [0.2, 0.25) is 0 Å². The first-order chi connectivity index (χ1) is 9.19. The molecule has 0 N–H and O–H groups in total. The lowest BCUT2D eigenvalue weighted by Crippen LogP contribution is -2.59. The van der Waals surface area contributed by atoms with Crippen molar-refractivity contribution in [3.63, 3.8) is 0 Å². The summed E-state index contributed by atoms with van der Waals surface area (Å²) in [7, 11) is 1.87. The zero-order valence-electron chi connectivity index (χ0n) is 11.0. The van der Waals surface area contributed by atoms with Crippen LogP contribution in [0.3, 0.4) is 0 Å². The number of nitrogens with zero attached hydrogens (tertiary/aromatic N) is 5. The van der Waals surface area contributed by atoms with E-state index in [1.54, 1.807) is 12.4 Å². The highest BCUT2D eigenvalue weighted by atomic mass is 16.2. The predicted molar refractivity (Wildman–Crippen MR) is 68.2 cm³/mol. The van der Waals surface area contributed by atoms with E-state index in [1.807, 2.05) is 16.6 Å². The van der Waals surface area contributed by atoms with Crippen molar-refractivity contribution < 1.29 is 4.79 Å². The van der Waals surface area contributed by atoms with Crippen molar-refractivity contribution in [2.75, 3.05) is 26.7 Å². The van der Waals surface area contributed by atoms with Crippen LogP contribution in [0, 0.1) is 11.3 Å². The maximum atomic E-state index is 12.1. The Morgan fingerprint density at radius 1 is 1.47 bits per heavy atom. The van der Waals surface area contributed by atoms with Gasteiger partial charge in [-0.15, -0.1) is 0 Å². The molecule has 1 unspecified atom stereocenters. The number of amides is 1. The molecule has 19 heavy (non-hydrogen) atoms. The Labute approximate surface area is 112 Å². The average molecular weight is 259 g/mol. The molecule has 6 heteroatoms. The Morgan fingerprint density at radius 2 is 2.26 bits per heavy atom. The fraction of sp³-hybridized carbons (Fsp3) is 0.615. The molecule has 1 atom stereocenters. The molecule has 0 saturated carbocycles. The van der Waals surface area contributed by atoms with Crippen LogP contribution in [-0.2, 0) is 4.79 Å². The molecular weight excluding hydrogens is 242 g/mol. The molecule has 0 spiro atoms. The molecule has 2 aliphatic rings. The maximum absolute atomic E-state index is 12.1. The van der Waals surface area contributed by atoms with Crippen LogP contribution in [0.15, 0.2) is 12.4 Å². The van der Waals surface area contributed by atoms with Crippen molar-refractivity contribution in [2.24, 2.45) is 0 Å². The van der Waals surface area contributed by atoms with E-state index in [4.69, 9.17) is 5.26 Å². The van der Waals surface area contributed by atoms with Crippen molar-refractivity contribution in [3.8, 4) is 6.07 Å².